The predicted octanol–water partition coefficient (Wildman–Crippen LogP) is 4.56. The van der Waals surface area contributed by atoms with E-state index in [0.717, 1.165) is 12.1 Å². The molecule has 0 spiro atoms. The van der Waals surface area contributed by atoms with Gasteiger partial charge >= 0.3 is 6.18 Å². The summed E-state index contributed by atoms with van der Waals surface area (Å²) in [6, 6.07) is 9.48. The van der Waals surface area contributed by atoms with Crippen LogP contribution in [0.3, 0.4) is 0 Å². The van der Waals surface area contributed by atoms with E-state index in [1.54, 1.807) is 6.07 Å². The predicted molar refractivity (Wildman–Crippen MR) is 75.3 cm³/mol. The fraction of sp³-hybridized carbons (Fsp3) is 0.0714. The molecule has 2 rings (SSSR count). The molecule has 7 heteroatoms. The third kappa shape index (κ3) is 3.38. The van der Waals surface area contributed by atoms with Crippen molar-refractivity contribution in [1.29, 1.82) is 5.26 Å². The highest BCUT2D eigenvalue weighted by atomic mass is 35.5. The first kappa shape index (κ1) is 15.0. The quantitative estimate of drug-likeness (QED) is 0.799. The number of anilines is 3. The van der Waals surface area contributed by atoms with Crippen LogP contribution in [0.4, 0.5) is 30.2 Å². The van der Waals surface area contributed by atoms with Gasteiger partial charge in [0.05, 0.1) is 39.3 Å². The molecule has 0 heterocycles. The van der Waals surface area contributed by atoms with E-state index in [1.165, 1.54) is 18.2 Å². The van der Waals surface area contributed by atoms with Gasteiger partial charge in [0.25, 0.3) is 0 Å². The molecule has 0 saturated heterocycles. The van der Waals surface area contributed by atoms with E-state index in [1.807, 2.05) is 6.07 Å². The molecule has 0 radical (unpaired) electrons. The van der Waals surface area contributed by atoms with E-state index in [4.69, 9.17) is 22.6 Å². The fourth-order valence-corrected chi connectivity index (χ4v) is 1.91. The number of nitrogens with one attached hydrogen (secondary N) is 1. The van der Waals surface area contributed by atoms with Crippen molar-refractivity contribution in [2.24, 2.45) is 0 Å². The van der Waals surface area contributed by atoms with Crippen LogP contribution < -0.4 is 11.1 Å². The standard InChI is InChI=1S/C14H9ClF3N3/c15-10-6-9(14(16,17)18)2-4-12(10)21-13-3-1-8(7-19)5-11(13)20/h1-6,21H,20H2. The van der Waals surface area contributed by atoms with Gasteiger partial charge in [0.2, 0.25) is 0 Å². The summed E-state index contributed by atoms with van der Waals surface area (Å²) in [5.74, 6) is 0. The van der Waals surface area contributed by atoms with E-state index in [9.17, 15) is 13.2 Å². The Balaban J connectivity index is 2.31. The normalized spacial score (nSPS) is 11.0. The average molecular weight is 312 g/mol. The summed E-state index contributed by atoms with van der Waals surface area (Å²) in [4.78, 5) is 0. The first-order valence-electron chi connectivity index (χ1n) is 5.74. The topological polar surface area (TPSA) is 61.8 Å². The van der Waals surface area contributed by atoms with Crippen molar-refractivity contribution >= 4 is 28.7 Å². The van der Waals surface area contributed by atoms with Gasteiger partial charge in [-0.2, -0.15) is 18.4 Å². The van der Waals surface area contributed by atoms with E-state index in [0.29, 0.717) is 22.6 Å². The molecular weight excluding hydrogens is 303 g/mol. The summed E-state index contributed by atoms with van der Waals surface area (Å²) in [6.45, 7) is 0. The number of nitrogens with two attached hydrogens (primary N) is 1. The van der Waals surface area contributed by atoms with Crippen LogP contribution >= 0.6 is 11.6 Å². The summed E-state index contributed by atoms with van der Waals surface area (Å²) in [5.41, 5.74) is 6.36. The van der Waals surface area contributed by atoms with E-state index in [2.05, 4.69) is 5.32 Å². The minimum absolute atomic E-state index is 0.0754. The molecule has 2 aromatic rings. The maximum absolute atomic E-state index is 12.5. The lowest BCUT2D eigenvalue weighted by Crippen LogP contribution is -2.05. The van der Waals surface area contributed by atoms with Crippen molar-refractivity contribution in [3.63, 3.8) is 0 Å². The smallest absolute Gasteiger partial charge is 0.397 e. The molecule has 0 amide bonds. The largest absolute Gasteiger partial charge is 0.416 e. The van der Waals surface area contributed by atoms with Gasteiger partial charge in [0.1, 0.15) is 0 Å². The van der Waals surface area contributed by atoms with Crippen LogP contribution in [0.1, 0.15) is 11.1 Å². The average Bonchev–Trinajstić information content (AvgIpc) is 2.41. The van der Waals surface area contributed by atoms with Gasteiger partial charge in [-0.05, 0) is 36.4 Å². The lowest BCUT2D eigenvalue weighted by molar-refractivity contribution is -0.137. The second-order valence-corrected chi connectivity index (χ2v) is 4.64. The van der Waals surface area contributed by atoms with E-state index in [-0.39, 0.29) is 5.02 Å². The number of rotatable bonds is 2. The molecule has 0 fully saturated rings. The number of nitriles is 1. The van der Waals surface area contributed by atoms with Gasteiger partial charge in [-0.1, -0.05) is 11.6 Å². The van der Waals surface area contributed by atoms with Crippen LogP contribution in [0.25, 0.3) is 0 Å². The van der Waals surface area contributed by atoms with Gasteiger partial charge in [0.15, 0.2) is 0 Å². The number of nitrogen functional groups attached to an aromatic ring is 1. The Labute approximate surface area is 123 Å². The summed E-state index contributed by atoms with van der Waals surface area (Å²) < 4.78 is 37.6. The SMILES string of the molecule is N#Cc1ccc(Nc2ccc(C(F)(F)F)cc2Cl)c(N)c1. The molecule has 0 aliphatic rings. The molecule has 3 N–H and O–H groups in total. The zero-order chi connectivity index (χ0) is 15.6. The molecule has 0 aromatic heterocycles. The monoisotopic (exact) mass is 311 g/mol. The highest BCUT2D eigenvalue weighted by molar-refractivity contribution is 6.33. The highest BCUT2D eigenvalue weighted by Gasteiger charge is 2.30. The second kappa shape index (κ2) is 5.54. The third-order valence-electron chi connectivity index (χ3n) is 2.75. The number of hydrogen-bond acceptors (Lipinski definition) is 3. The third-order valence-corrected chi connectivity index (χ3v) is 3.06. The molecule has 0 unspecified atom stereocenters. The van der Waals surface area contributed by atoms with Crippen LogP contribution in [-0.4, -0.2) is 0 Å². The fourth-order valence-electron chi connectivity index (χ4n) is 1.68. The molecule has 0 aliphatic heterocycles. The summed E-state index contributed by atoms with van der Waals surface area (Å²) >= 11 is 5.84. The Bertz CT molecular complexity index is 720. The van der Waals surface area contributed by atoms with Crippen LogP contribution in [-0.2, 0) is 6.18 Å². The number of benzene rings is 2. The first-order valence-corrected chi connectivity index (χ1v) is 6.12. The first-order chi connectivity index (χ1) is 9.81. The zero-order valence-electron chi connectivity index (χ0n) is 10.5. The maximum Gasteiger partial charge on any atom is 0.416 e. The Morgan fingerprint density at radius 1 is 1.10 bits per heavy atom. The minimum Gasteiger partial charge on any atom is -0.397 e. The number of hydrogen-bond donors (Lipinski definition) is 2. The molecule has 3 nitrogen and oxygen atoms in total. The van der Waals surface area contributed by atoms with Crippen molar-refractivity contribution in [3.05, 3.63) is 52.5 Å². The molecule has 0 atom stereocenters. The number of nitrogens with zero attached hydrogens (tertiary/aromatic N) is 1. The van der Waals surface area contributed by atoms with E-state index < -0.39 is 11.7 Å². The molecule has 0 saturated carbocycles. The van der Waals surface area contributed by atoms with E-state index >= 15 is 0 Å². The maximum atomic E-state index is 12.5. The lowest BCUT2D eigenvalue weighted by Gasteiger charge is -2.13. The molecule has 21 heavy (non-hydrogen) atoms. The second-order valence-electron chi connectivity index (χ2n) is 4.23. The van der Waals surface area contributed by atoms with Crippen LogP contribution in [0.15, 0.2) is 36.4 Å². The minimum atomic E-state index is -4.45. The molecule has 0 bridgehead atoms. The Kier molecular flexibility index (Phi) is 3.96. The number of halogens is 4. The summed E-state index contributed by atoms with van der Waals surface area (Å²) in [5, 5.41) is 11.5. The summed E-state index contributed by atoms with van der Waals surface area (Å²) in [6.07, 6.45) is -4.45. The Morgan fingerprint density at radius 3 is 2.29 bits per heavy atom. The molecule has 0 aliphatic carbocycles. The zero-order valence-corrected chi connectivity index (χ0v) is 11.3. The van der Waals surface area contributed by atoms with Crippen molar-refractivity contribution in [2.75, 3.05) is 11.1 Å². The van der Waals surface area contributed by atoms with Crippen molar-refractivity contribution in [1.82, 2.24) is 0 Å². The summed E-state index contributed by atoms with van der Waals surface area (Å²) in [7, 11) is 0. The van der Waals surface area contributed by atoms with Crippen molar-refractivity contribution < 1.29 is 13.2 Å². The van der Waals surface area contributed by atoms with Gasteiger partial charge in [0, 0.05) is 0 Å². The number of alkyl halides is 3. The van der Waals surface area contributed by atoms with Crippen LogP contribution in [0, 0.1) is 11.3 Å². The van der Waals surface area contributed by atoms with Gasteiger partial charge < -0.3 is 11.1 Å². The van der Waals surface area contributed by atoms with Crippen LogP contribution in [0.5, 0.6) is 0 Å². The molecule has 108 valence electrons. The van der Waals surface area contributed by atoms with Crippen molar-refractivity contribution in [2.45, 2.75) is 6.18 Å². The Morgan fingerprint density at radius 2 is 1.76 bits per heavy atom. The molecular formula is C14H9ClF3N3. The van der Waals surface area contributed by atoms with Gasteiger partial charge in [-0.25, -0.2) is 0 Å². The van der Waals surface area contributed by atoms with Gasteiger partial charge in [-0.3, -0.25) is 0 Å². The Hall–Kier alpha value is -2.39. The van der Waals surface area contributed by atoms with Gasteiger partial charge in [-0.15, -0.1) is 0 Å². The molecule has 2 aromatic carbocycles. The van der Waals surface area contributed by atoms with Crippen molar-refractivity contribution in [3.8, 4) is 6.07 Å². The lowest BCUT2D eigenvalue weighted by atomic mass is 10.1. The van der Waals surface area contributed by atoms with Crippen LogP contribution in [0.2, 0.25) is 5.02 Å². The highest BCUT2D eigenvalue weighted by Crippen LogP contribution is 2.35.